The molecule has 0 aromatic heterocycles. The Kier molecular flexibility index (Phi) is 6.91. The first-order valence-corrected chi connectivity index (χ1v) is 8.96. The van der Waals surface area contributed by atoms with Crippen LogP contribution < -0.4 is 0 Å². The van der Waals surface area contributed by atoms with Crippen molar-refractivity contribution in [2.75, 3.05) is 6.61 Å². The van der Waals surface area contributed by atoms with Crippen molar-refractivity contribution in [1.82, 2.24) is 0 Å². The molecule has 0 aromatic carbocycles. The third-order valence-corrected chi connectivity index (χ3v) is 5.01. The zero-order valence-corrected chi connectivity index (χ0v) is 15.3. The second-order valence-corrected chi connectivity index (χ2v) is 6.83. The number of esters is 2. The molecule has 0 radical (unpaired) electrons. The predicted octanol–water partition coefficient (Wildman–Crippen LogP) is 2.27. The Morgan fingerprint density at radius 2 is 2.27 bits per heavy atom. The molecule has 142 valence electrons. The molecule has 0 aromatic rings. The Morgan fingerprint density at radius 1 is 1.54 bits per heavy atom. The standard InChI is InChI=1S/C20H26O6/c1-4-12(2)19(23)25-16-8-14(10-21)6-5-7-15(11-22)9-17-18(16)13(3)20(24)26-17/h6,9-10,12,16-18,22H,3-5,7-8,11H2,1-2H3/b14-6+,15-9+/t12?,16?,17-,18-/m1/s1. The summed E-state index contributed by atoms with van der Waals surface area (Å²) in [6.45, 7) is 7.29. The summed E-state index contributed by atoms with van der Waals surface area (Å²) in [7, 11) is 0. The second-order valence-electron chi connectivity index (χ2n) is 6.83. The maximum Gasteiger partial charge on any atom is 0.334 e. The first kappa shape index (κ1) is 20.1. The van der Waals surface area contributed by atoms with Gasteiger partial charge in [-0.05, 0) is 36.5 Å². The maximum absolute atomic E-state index is 12.3. The van der Waals surface area contributed by atoms with Crippen molar-refractivity contribution in [2.24, 2.45) is 11.8 Å². The lowest BCUT2D eigenvalue weighted by molar-refractivity contribution is -0.156. The van der Waals surface area contributed by atoms with Crippen molar-refractivity contribution in [1.29, 1.82) is 0 Å². The van der Waals surface area contributed by atoms with E-state index in [1.165, 1.54) is 0 Å². The van der Waals surface area contributed by atoms with Crippen LogP contribution in [0.4, 0.5) is 0 Å². The van der Waals surface area contributed by atoms with Gasteiger partial charge in [0.05, 0.1) is 18.4 Å². The van der Waals surface area contributed by atoms with E-state index in [9.17, 15) is 19.5 Å². The van der Waals surface area contributed by atoms with Crippen LogP contribution in [0.5, 0.6) is 0 Å². The highest BCUT2D eigenvalue weighted by molar-refractivity contribution is 5.91. The number of carbonyl (C=O) groups is 3. The summed E-state index contributed by atoms with van der Waals surface area (Å²) in [5.74, 6) is -1.80. The molecule has 1 N–H and O–H groups in total. The molecule has 1 aliphatic heterocycles. The van der Waals surface area contributed by atoms with Gasteiger partial charge in [0, 0.05) is 12.0 Å². The number of allylic oxidation sites excluding steroid dienone is 1. The molecular weight excluding hydrogens is 336 g/mol. The molecule has 6 nitrogen and oxygen atoms in total. The van der Waals surface area contributed by atoms with E-state index < -0.39 is 24.1 Å². The van der Waals surface area contributed by atoms with Gasteiger partial charge in [0.1, 0.15) is 18.5 Å². The monoisotopic (exact) mass is 362 g/mol. The molecule has 2 rings (SSSR count). The molecule has 4 atom stereocenters. The van der Waals surface area contributed by atoms with Crippen molar-refractivity contribution < 1.29 is 29.0 Å². The molecule has 0 spiro atoms. The Morgan fingerprint density at radius 3 is 2.88 bits per heavy atom. The number of ether oxygens (including phenoxy) is 2. The van der Waals surface area contributed by atoms with Gasteiger partial charge in [-0.3, -0.25) is 9.59 Å². The smallest absolute Gasteiger partial charge is 0.334 e. The largest absolute Gasteiger partial charge is 0.461 e. The zero-order chi connectivity index (χ0) is 19.3. The Labute approximate surface area is 153 Å². The summed E-state index contributed by atoms with van der Waals surface area (Å²) < 4.78 is 11.1. The average Bonchev–Trinajstić information content (AvgIpc) is 2.91. The summed E-state index contributed by atoms with van der Waals surface area (Å²) in [5.41, 5.74) is 1.42. The van der Waals surface area contributed by atoms with Crippen LogP contribution in [0.2, 0.25) is 0 Å². The lowest BCUT2D eigenvalue weighted by Gasteiger charge is -2.28. The van der Waals surface area contributed by atoms with Crippen LogP contribution in [-0.2, 0) is 23.9 Å². The van der Waals surface area contributed by atoms with E-state index in [0.717, 1.165) is 6.29 Å². The summed E-state index contributed by atoms with van der Waals surface area (Å²) in [5, 5.41) is 9.55. The Hall–Kier alpha value is -2.21. The molecule has 0 amide bonds. The van der Waals surface area contributed by atoms with Gasteiger partial charge in [-0.2, -0.15) is 0 Å². The third-order valence-electron chi connectivity index (χ3n) is 5.01. The number of aliphatic hydroxyl groups is 1. The highest BCUT2D eigenvalue weighted by Crippen LogP contribution is 2.36. The fraction of sp³-hybridized carbons (Fsp3) is 0.550. The molecule has 0 bridgehead atoms. The molecular formula is C20H26O6. The van der Waals surface area contributed by atoms with Gasteiger partial charge in [-0.25, -0.2) is 4.79 Å². The number of hydrogen-bond acceptors (Lipinski definition) is 6. The van der Waals surface area contributed by atoms with Crippen LogP contribution in [0.15, 0.2) is 35.5 Å². The van der Waals surface area contributed by atoms with Crippen LogP contribution in [0.3, 0.4) is 0 Å². The summed E-state index contributed by atoms with van der Waals surface area (Å²) in [6, 6.07) is 0. The van der Waals surface area contributed by atoms with Crippen LogP contribution in [-0.4, -0.2) is 42.1 Å². The molecule has 26 heavy (non-hydrogen) atoms. The van der Waals surface area contributed by atoms with Crippen molar-refractivity contribution >= 4 is 18.2 Å². The highest BCUT2D eigenvalue weighted by atomic mass is 16.6. The van der Waals surface area contributed by atoms with Crippen molar-refractivity contribution in [3.05, 3.63) is 35.5 Å². The number of carbonyl (C=O) groups excluding carboxylic acids is 3. The van der Waals surface area contributed by atoms with E-state index in [0.29, 0.717) is 30.4 Å². The minimum absolute atomic E-state index is 0.172. The normalized spacial score (nSPS) is 31.6. The van der Waals surface area contributed by atoms with Crippen molar-refractivity contribution in [2.45, 2.75) is 51.7 Å². The Bertz CT molecular complexity index is 645. The second kappa shape index (κ2) is 8.94. The molecule has 2 aliphatic rings. The van der Waals surface area contributed by atoms with Gasteiger partial charge in [-0.15, -0.1) is 0 Å². The topological polar surface area (TPSA) is 89.9 Å². The van der Waals surface area contributed by atoms with Gasteiger partial charge in [-0.1, -0.05) is 26.5 Å². The minimum atomic E-state index is -0.730. The first-order chi connectivity index (χ1) is 12.4. The summed E-state index contributed by atoms with van der Waals surface area (Å²) >= 11 is 0. The predicted molar refractivity (Wildman–Crippen MR) is 95.0 cm³/mol. The number of aliphatic hydroxyl groups excluding tert-OH is 1. The van der Waals surface area contributed by atoms with E-state index in [4.69, 9.17) is 9.47 Å². The minimum Gasteiger partial charge on any atom is -0.461 e. The van der Waals surface area contributed by atoms with E-state index >= 15 is 0 Å². The van der Waals surface area contributed by atoms with E-state index in [-0.39, 0.29) is 30.5 Å². The van der Waals surface area contributed by atoms with Crippen LogP contribution in [0.25, 0.3) is 0 Å². The first-order valence-electron chi connectivity index (χ1n) is 8.96. The van der Waals surface area contributed by atoms with Crippen molar-refractivity contribution in [3.63, 3.8) is 0 Å². The number of fused-ring (bicyclic) bond motifs is 1. The molecule has 1 aliphatic carbocycles. The zero-order valence-electron chi connectivity index (χ0n) is 15.3. The third kappa shape index (κ3) is 4.49. The fourth-order valence-corrected chi connectivity index (χ4v) is 3.16. The molecule has 0 saturated carbocycles. The quantitative estimate of drug-likeness (QED) is 0.349. The average molecular weight is 362 g/mol. The lowest BCUT2D eigenvalue weighted by Crippen LogP contribution is -2.35. The molecule has 2 unspecified atom stereocenters. The van der Waals surface area contributed by atoms with Gasteiger partial charge in [0.15, 0.2) is 0 Å². The van der Waals surface area contributed by atoms with Crippen LogP contribution in [0.1, 0.15) is 39.5 Å². The molecule has 1 saturated heterocycles. The Balaban J connectivity index is 2.41. The number of aldehydes is 1. The van der Waals surface area contributed by atoms with Crippen LogP contribution >= 0.6 is 0 Å². The van der Waals surface area contributed by atoms with Gasteiger partial charge in [0.25, 0.3) is 0 Å². The highest BCUT2D eigenvalue weighted by Gasteiger charge is 2.44. The maximum atomic E-state index is 12.3. The number of hydrogen-bond donors (Lipinski definition) is 1. The van der Waals surface area contributed by atoms with Gasteiger partial charge >= 0.3 is 11.9 Å². The fourth-order valence-electron chi connectivity index (χ4n) is 3.16. The van der Waals surface area contributed by atoms with Crippen molar-refractivity contribution in [3.8, 4) is 0 Å². The number of rotatable bonds is 5. The van der Waals surface area contributed by atoms with Gasteiger partial charge in [0.2, 0.25) is 0 Å². The van der Waals surface area contributed by atoms with E-state index in [1.807, 2.05) is 6.92 Å². The van der Waals surface area contributed by atoms with Gasteiger partial charge < -0.3 is 14.6 Å². The van der Waals surface area contributed by atoms with E-state index in [1.54, 1.807) is 19.1 Å². The summed E-state index contributed by atoms with van der Waals surface area (Å²) in [4.78, 5) is 35.9. The molecule has 6 heteroatoms. The molecule has 1 heterocycles. The molecule has 1 fully saturated rings. The SMILES string of the molecule is C=C1C(=O)O[C@@H]2/C=C(/CO)CC/C=C(/C=O)CC(OC(=O)C(C)CC)[C@@H]12. The van der Waals surface area contributed by atoms with Crippen LogP contribution in [0, 0.1) is 11.8 Å². The summed E-state index contributed by atoms with van der Waals surface area (Å²) in [6.07, 6.45) is 4.78. The lowest BCUT2D eigenvalue weighted by atomic mass is 9.85. The van der Waals surface area contributed by atoms with E-state index in [2.05, 4.69) is 6.58 Å².